The Bertz CT molecular complexity index is 1130. The van der Waals surface area contributed by atoms with E-state index in [-0.39, 0.29) is 0 Å². The number of nitrogens with zero attached hydrogens (tertiary/aromatic N) is 2. The summed E-state index contributed by atoms with van der Waals surface area (Å²) in [6, 6.07) is 20.3. The fourth-order valence-electron chi connectivity index (χ4n) is 2.97. The number of hydrogen-bond donors (Lipinski definition) is 0. The molecule has 0 aliphatic rings. The molecule has 0 amide bonds. The summed E-state index contributed by atoms with van der Waals surface area (Å²) in [5.41, 5.74) is 3.84. The van der Waals surface area contributed by atoms with E-state index in [0.29, 0.717) is 21.1 Å². The van der Waals surface area contributed by atoms with Gasteiger partial charge in [-0.2, -0.15) is 0 Å². The summed E-state index contributed by atoms with van der Waals surface area (Å²) in [5, 5.41) is 1.31. The molecule has 0 saturated heterocycles. The van der Waals surface area contributed by atoms with Crippen LogP contribution in [0.4, 0.5) is 0 Å². The molecule has 4 rings (SSSR count). The zero-order chi connectivity index (χ0) is 19.0. The second-order valence-electron chi connectivity index (χ2n) is 5.95. The molecule has 3 aromatic carbocycles. The third kappa shape index (κ3) is 3.29. The number of hydrogen-bond acceptors (Lipinski definition) is 3. The number of rotatable bonds is 3. The Balaban J connectivity index is 1.99. The Kier molecular flexibility index (Phi) is 4.60. The first kappa shape index (κ1) is 17.6. The predicted molar refractivity (Wildman–Crippen MR) is 108 cm³/mol. The summed E-state index contributed by atoms with van der Waals surface area (Å²) in [5.74, 6) is 0.344. The van der Waals surface area contributed by atoms with E-state index in [1.165, 1.54) is 7.11 Å². The van der Waals surface area contributed by atoms with Crippen molar-refractivity contribution in [3.63, 3.8) is 0 Å². The van der Waals surface area contributed by atoms with Crippen LogP contribution in [0.2, 0.25) is 10.0 Å². The van der Waals surface area contributed by atoms with E-state index >= 15 is 0 Å². The van der Waals surface area contributed by atoms with E-state index in [1.54, 1.807) is 12.1 Å². The molecule has 134 valence electrons. The Morgan fingerprint density at radius 3 is 2.19 bits per heavy atom. The molecule has 0 N–H and O–H groups in total. The van der Waals surface area contributed by atoms with Crippen molar-refractivity contribution < 1.29 is 9.53 Å². The molecule has 6 heteroatoms. The Hall–Kier alpha value is -2.82. The van der Waals surface area contributed by atoms with Gasteiger partial charge in [0.05, 0.1) is 23.7 Å². The van der Waals surface area contributed by atoms with Gasteiger partial charge in [-0.25, -0.2) is 9.78 Å². The van der Waals surface area contributed by atoms with Gasteiger partial charge in [-0.05, 0) is 66.7 Å². The van der Waals surface area contributed by atoms with Crippen molar-refractivity contribution in [2.75, 3.05) is 7.11 Å². The van der Waals surface area contributed by atoms with Crippen LogP contribution in [0.1, 0.15) is 10.4 Å². The van der Waals surface area contributed by atoms with Crippen LogP contribution in [0.25, 0.3) is 28.1 Å². The molecule has 1 aromatic heterocycles. The molecule has 0 unspecified atom stereocenters. The average molecular weight is 397 g/mol. The molecule has 0 atom stereocenters. The molecule has 4 aromatic rings. The lowest BCUT2D eigenvalue weighted by atomic mass is 10.2. The largest absolute Gasteiger partial charge is 0.465 e. The summed E-state index contributed by atoms with van der Waals surface area (Å²) in [6.07, 6.45) is 0. The highest BCUT2D eigenvalue weighted by molar-refractivity contribution is 6.30. The molecule has 0 saturated carbocycles. The van der Waals surface area contributed by atoms with Crippen LogP contribution >= 0.6 is 23.2 Å². The van der Waals surface area contributed by atoms with Crippen molar-refractivity contribution in [3.05, 3.63) is 82.3 Å². The van der Waals surface area contributed by atoms with Crippen molar-refractivity contribution in [2.45, 2.75) is 0 Å². The minimum absolute atomic E-state index is 0.397. The number of fused-ring (bicyclic) bond motifs is 1. The fraction of sp³-hybridized carbons (Fsp3) is 0.0476. The zero-order valence-corrected chi connectivity index (χ0v) is 15.8. The molecule has 1 heterocycles. The molecule has 0 spiro atoms. The zero-order valence-electron chi connectivity index (χ0n) is 14.3. The first-order valence-corrected chi connectivity index (χ1v) is 8.95. The van der Waals surface area contributed by atoms with Crippen molar-refractivity contribution >= 4 is 40.2 Å². The fourth-order valence-corrected chi connectivity index (χ4v) is 3.22. The second-order valence-corrected chi connectivity index (χ2v) is 6.82. The molecule has 0 aliphatic heterocycles. The van der Waals surface area contributed by atoms with Crippen LogP contribution in [-0.2, 0) is 4.74 Å². The predicted octanol–water partition coefficient (Wildman–Crippen LogP) is 5.79. The normalized spacial score (nSPS) is 10.9. The number of aromatic nitrogens is 2. The quantitative estimate of drug-likeness (QED) is 0.411. The maximum Gasteiger partial charge on any atom is 0.337 e. The number of ether oxygens (including phenoxy) is 1. The van der Waals surface area contributed by atoms with Gasteiger partial charge in [0.15, 0.2) is 0 Å². The molecule has 0 radical (unpaired) electrons. The summed E-state index contributed by atoms with van der Waals surface area (Å²) < 4.78 is 6.84. The number of benzene rings is 3. The van der Waals surface area contributed by atoms with Crippen LogP contribution in [0.3, 0.4) is 0 Å². The van der Waals surface area contributed by atoms with Gasteiger partial charge >= 0.3 is 5.97 Å². The van der Waals surface area contributed by atoms with E-state index in [1.807, 2.05) is 59.2 Å². The van der Waals surface area contributed by atoms with E-state index in [9.17, 15) is 4.79 Å². The molecule has 0 bridgehead atoms. The van der Waals surface area contributed by atoms with Crippen molar-refractivity contribution in [3.8, 4) is 17.1 Å². The van der Waals surface area contributed by atoms with E-state index in [0.717, 1.165) is 22.6 Å². The van der Waals surface area contributed by atoms with Crippen LogP contribution in [0, 0.1) is 0 Å². The Labute approximate surface area is 165 Å². The number of imidazole rings is 1. The number of carbonyl (C=O) groups excluding carboxylic acids is 1. The van der Waals surface area contributed by atoms with Gasteiger partial charge in [0.2, 0.25) is 0 Å². The first-order valence-electron chi connectivity index (χ1n) is 8.19. The van der Waals surface area contributed by atoms with Crippen LogP contribution in [0.5, 0.6) is 0 Å². The van der Waals surface area contributed by atoms with Crippen LogP contribution < -0.4 is 0 Å². The molecule has 27 heavy (non-hydrogen) atoms. The van der Waals surface area contributed by atoms with Crippen molar-refractivity contribution in [2.24, 2.45) is 0 Å². The number of methoxy groups -OCH3 is 1. The maximum atomic E-state index is 11.9. The van der Waals surface area contributed by atoms with Gasteiger partial charge in [-0.3, -0.25) is 4.57 Å². The smallest absolute Gasteiger partial charge is 0.337 e. The Morgan fingerprint density at radius 2 is 1.56 bits per heavy atom. The number of halogens is 2. The highest BCUT2D eigenvalue weighted by Gasteiger charge is 2.16. The topological polar surface area (TPSA) is 44.1 Å². The second kappa shape index (κ2) is 7.06. The van der Waals surface area contributed by atoms with Gasteiger partial charge in [-0.15, -0.1) is 0 Å². The lowest BCUT2D eigenvalue weighted by Crippen LogP contribution is -2.01. The third-order valence-corrected chi connectivity index (χ3v) is 4.77. The molecule has 0 fully saturated rings. The molecule has 4 nitrogen and oxygen atoms in total. The van der Waals surface area contributed by atoms with Gasteiger partial charge < -0.3 is 4.74 Å². The molecular formula is C21H14Cl2N2O2. The highest BCUT2D eigenvalue weighted by Crippen LogP contribution is 2.30. The summed E-state index contributed by atoms with van der Waals surface area (Å²) in [6.45, 7) is 0. The Morgan fingerprint density at radius 1 is 0.926 bits per heavy atom. The lowest BCUT2D eigenvalue weighted by Gasteiger charge is -2.10. The van der Waals surface area contributed by atoms with Crippen LogP contribution in [0.15, 0.2) is 66.7 Å². The average Bonchev–Trinajstić information content (AvgIpc) is 3.07. The van der Waals surface area contributed by atoms with E-state index < -0.39 is 5.97 Å². The van der Waals surface area contributed by atoms with Gasteiger partial charge in [0, 0.05) is 21.3 Å². The van der Waals surface area contributed by atoms with Crippen molar-refractivity contribution in [1.82, 2.24) is 9.55 Å². The maximum absolute atomic E-state index is 11.9. The van der Waals surface area contributed by atoms with E-state index in [4.69, 9.17) is 32.9 Å². The molecular weight excluding hydrogens is 383 g/mol. The van der Waals surface area contributed by atoms with Crippen molar-refractivity contribution in [1.29, 1.82) is 0 Å². The van der Waals surface area contributed by atoms with Gasteiger partial charge in [0.25, 0.3) is 0 Å². The monoisotopic (exact) mass is 396 g/mol. The standard InChI is InChI=1S/C21H14Cl2N2O2/c1-27-21(26)14-4-11-19-18(12-14)24-20(13-2-5-15(22)6-3-13)25(19)17-9-7-16(23)8-10-17/h2-12H,1H3. The van der Waals surface area contributed by atoms with Gasteiger partial charge in [0.1, 0.15) is 5.82 Å². The minimum Gasteiger partial charge on any atom is -0.465 e. The van der Waals surface area contributed by atoms with E-state index in [2.05, 4.69) is 0 Å². The summed E-state index contributed by atoms with van der Waals surface area (Å²) in [7, 11) is 1.36. The third-order valence-electron chi connectivity index (χ3n) is 4.26. The summed E-state index contributed by atoms with van der Waals surface area (Å²) in [4.78, 5) is 16.6. The SMILES string of the molecule is COC(=O)c1ccc2c(c1)nc(-c1ccc(Cl)cc1)n2-c1ccc(Cl)cc1. The van der Waals surface area contributed by atoms with Crippen LogP contribution in [-0.4, -0.2) is 22.6 Å². The number of carbonyl (C=O) groups is 1. The lowest BCUT2D eigenvalue weighted by molar-refractivity contribution is 0.0601. The number of esters is 1. The molecule has 0 aliphatic carbocycles. The van der Waals surface area contributed by atoms with Gasteiger partial charge in [-0.1, -0.05) is 23.2 Å². The highest BCUT2D eigenvalue weighted by atomic mass is 35.5. The first-order chi connectivity index (χ1) is 13.1. The minimum atomic E-state index is -0.397. The summed E-state index contributed by atoms with van der Waals surface area (Å²) >= 11 is 12.1.